The van der Waals surface area contributed by atoms with Gasteiger partial charge < -0.3 is 14.8 Å². The van der Waals surface area contributed by atoms with Crippen LogP contribution >= 0.6 is 0 Å². The number of hydrogen-bond acceptors (Lipinski definition) is 5. The molecule has 1 aromatic rings. The number of hydrogen-bond donors (Lipinski definition) is 3. The Morgan fingerprint density at radius 3 is 2.39 bits per heavy atom. The predicted molar refractivity (Wildman–Crippen MR) is 80.5 cm³/mol. The zero-order valence-corrected chi connectivity index (χ0v) is 13.8. The van der Waals surface area contributed by atoms with Gasteiger partial charge in [0.2, 0.25) is 5.09 Å². The zero-order valence-electron chi connectivity index (χ0n) is 13.0. The van der Waals surface area contributed by atoms with Gasteiger partial charge in [0.25, 0.3) is 15.9 Å². The van der Waals surface area contributed by atoms with Crippen molar-refractivity contribution in [3.8, 4) is 0 Å². The quantitative estimate of drug-likeness (QED) is 0.727. The van der Waals surface area contributed by atoms with Gasteiger partial charge in [-0.15, -0.1) is 0 Å². The molecule has 1 aromatic heterocycles. The van der Waals surface area contributed by atoms with Crippen LogP contribution in [-0.2, 0) is 14.8 Å². The van der Waals surface area contributed by atoms with Gasteiger partial charge >= 0.3 is 5.97 Å². The smallest absolute Gasteiger partial charge is 0.306 e. The minimum Gasteiger partial charge on any atom is -0.481 e. The highest BCUT2D eigenvalue weighted by molar-refractivity contribution is 7.89. The SMILES string of the molecule is CNS(=O)(=O)c1cc(C(=O)NC2CCC(C(=O)O)CC2)c(C)o1. The van der Waals surface area contributed by atoms with Crippen molar-refractivity contribution in [2.75, 3.05) is 7.05 Å². The Morgan fingerprint density at radius 1 is 1.26 bits per heavy atom. The van der Waals surface area contributed by atoms with Gasteiger partial charge in [0, 0.05) is 12.1 Å². The number of rotatable bonds is 5. The van der Waals surface area contributed by atoms with Crippen LogP contribution in [0.5, 0.6) is 0 Å². The second kappa shape index (κ2) is 6.71. The number of amides is 1. The molecule has 2 rings (SSSR count). The van der Waals surface area contributed by atoms with Crippen molar-refractivity contribution in [2.45, 2.75) is 43.7 Å². The van der Waals surface area contributed by atoms with Gasteiger partial charge in [-0.2, -0.15) is 0 Å². The van der Waals surface area contributed by atoms with Gasteiger partial charge in [-0.05, 0) is 39.7 Å². The van der Waals surface area contributed by atoms with E-state index in [0.29, 0.717) is 25.7 Å². The van der Waals surface area contributed by atoms with E-state index < -0.39 is 21.9 Å². The Hall–Kier alpha value is -1.87. The van der Waals surface area contributed by atoms with E-state index in [2.05, 4.69) is 10.0 Å². The summed E-state index contributed by atoms with van der Waals surface area (Å²) in [5.74, 6) is -1.35. The first-order valence-electron chi connectivity index (χ1n) is 7.32. The largest absolute Gasteiger partial charge is 0.481 e. The number of carboxylic acids is 1. The lowest BCUT2D eigenvalue weighted by molar-refractivity contribution is -0.142. The van der Waals surface area contributed by atoms with Crippen molar-refractivity contribution in [3.05, 3.63) is 17.4 Å². The molecule has 1 aliphatic carbocycles. The molecule has 128 valence electrons. The maximum Gasteiger partial charge on any atom is 0.306 e. The highest BCUT2D eigenvalue weighted by Crippen LogP contribution is 2.25. The van der Waals surface area contributed by atoms with E-state index in [9.17, 15) is 18.0 Å². The van der Waals surface area contributed by atoms with Crippen LogP contribution < -0.4 is 10.0 Å². The van der Waals surface area contributed by atoms with Crippen LogP contribution in [0.1, 0.15) is 41.8 Å². The lowest BCUT2D eigenvalue weighted by atomic mass is 9.86. The monoisotopic (exact) mass is 344 g/mol. The zero-order chi connectivity index (χ0) is 17.2. The molecule has 23 heavy (non-hydrogen) atoms. The van der Waals surface area contributed by atoms with E-state index in [-0.39, 0.29) is 28.4 Å². The van der Waals surface area contributed by atoms with Crippen molar-refractivity contribution in [2.24, 2.45) is 5.92 Å². The molecule has 0 spiro atoms. The molecule has 1 fully saturated rings. The van der Waals surface area contributed by atoms with Crippen LogP contribution in [0.15, 0.2) is 15.6 Å². The fraction of sp³-hybridized carbons (Fsp3) is 0.571. The lowest BCUT2D eigenvalue weighted by Crippen LogP contribution is -2.38. The van der Waals surface area contributed by atoms with Gasteiger partial charge in [-0.25, -0.2) is 13.1 Å². The Labute approximate surface area is 134 Å². The van der Waals surface area contributed by atoms with Gasteiger partial charge in [-0.1, -0.05) is 0 Å². The van der Waals surface area contributed by atoms with E-state index in [1.807, 2.05) is 0 Å². The number of aliphatic carboxylic acids is 1. The second-order valence-electron chi connectivity index (χ2n) is 5.60. The van der Waals surface area contributed by atoms with Gasteiger partial charge in [0.1, 0.15) is 5.76 Å². The first-order chi connectivity index (χ1) is 10.7. The number of furan rings is 1. The van der Waals surface area contributed by atoms with E-state index in [4.69, 9.17) is 9.52 Å². The first kappa shape index (κ1) is 17.5. The highest BCUT2D eigenvalue weighted by Gasteiger charge is 2.28. The maximum atomic E-state index is 12.3. The maximum absolute atomic E-state index is 12.3. The third kappa shape index (κ3) is 3.91. The fourth-order valence-electron chi connectivity index (χ4n) is 2.66. The molecule has 3 N–H and O–H groups in total. The molecule has 1 saturated carbocycles. The Morgan fingerprint density at radius 2 is 1.87 bits per heavy atom. The average molecular weight is 344 g/mol. The summed E-state index contributed by atoms with van der Waals surface area (Å²) in [4.78, 5) is 23.2. The lowest BCUT2D eigenvalue weighted by Gasteiger charge is -2.26. The molecular weight excluding hydrogens is 324 g/mol. The summed E-state index contributed by atoms with van der Waals surface area (Å²) < 4.78 is 30.6. The average Bonchev–Trinajstić information content (AvgIpc) is 2.90. The van der Waals surface area contributed by atoms with E-state index in [1.54, 1.807) is 0 Å². The minimum atomic E-state index is -3.75. The molecule has 0 aromatic carbocycles. The van der Waals surface area contributed by atoms with Gasteiger partial charge in [0.15, 0.2) is 0 Å². The van der Waals surface area contributed by atoms with Crippen LogP contribution in [0.2, 0.25) is 0 Å². The topological polar surface area (TPSA) is 126 Å². The number of carbonyl (C=O) groups is 2. The van der Waals surface area contributed by atoms with E-state index >= 15 is 0 Å². The van der Waals surface area contributed by atoms with E-state index in [0.717, 1.165) is 0 Å². The van der Waals surface area contributed by atoms with Crippen LogP contribution in [-0.4, -0.2) is 38.5 Å². The van der Waals surface area contributed by atoms with Crippen LogP contribution in [0.4, 0.5) is 0 Å². The Balaban J connectivity index is 2.04. The highest BCUT2D eigenvalue weighted by atomic mass is 32.2. The molecule has 0 unspecified atom stereocenters. The summed E-state index contributed by atoms with van der Waals surface area (Å²) in [6.45, 7) is 1.52. The number of sulfonamides is 1. The van der Waals surface area contributed by atoms with Crippen molar-refractivity contribution in [1.82, 2.24) is 10.0 Å². The summed E-state index contributed by atoms with van der Waals surface area (Å²) in [7, 11) is -2.49. The van der Waals surface area contributed by atoms with Crippen molar-refractivity contribution >= 4 is 21.9 Å². The molecule has 0 aliphatic heterocycles. The molecular formula is C14H20N2O6S. The summed E-state index contributed by atoms with van der Waals surface area (Å²) >= 11 is 0. The van der Waals surface area contributed by atoms with Crippen molar-refractivity contribution < 1.29 is 27.5 Å². The third-order valence-corrected chi connectivity index (χ3v) is 5.35. The molecule has 0 atom stereocenters. The predicted octanol–water partition coefficient (Wildman–Crippen LogP) is 0.869. The number of carboxylic acid groups (broad SMARTS) is 1. The number of carbonyl (C=O) groups excluding carboxylic acids is 1. The van der Waals surface area contributed by atoms with Crippen LogP contribution in [0, 0.1) is 12.8 Å². The normalized spacial score (nSPS) is 21.8. The molecule has 9 heteroatoms. The molecule has 1 aliphatic rings. The summed E-state index contributed by atoms with van der Waals surface area (Å²) in [5.41, 5.74) is 0.166. The standard InChI is InChI=1S/C14H20N2O6S/c1-8-11(7-12(22-8)23(20,21)15-2)13(17)16-10-5-3-9(4-6-10)14(18)19/h7,9-10,15H,3-6H2,1-2H3,(H,16,17)(H,18,19). The fourth-order valence-corrected chi connectivity index (χ4v) is 3.37. The van der Waals surface area contributed by atoms with Crippen molar-refractivity contribution in [1.29, 1.82) is 0 Å². The molecule has 8 nitrogen and oxygen atoms in total. The van der Waals surface area contributed by atoms with Gasteiger partial charge in [-0.3, -0.25) is 9.59 Å². The molecule has 1 heterocycles. The summed E-state index contributed by atoms with van der Waals surface area (Å²) in [6.07, 6.45) is 2.20. The van der Waals surface area contributed by atoms with Crippen LogP contribution in [0.25, 0.3) is 0 Å². The van der Waals surface area contributed by atoms with Crippen molar-refractivity contribution in [3.63, 3.8) is 0 Å². The summed E-state index contributed by atoms with van der Waals surface area (Å²) in [6, 6.07) is 1.08. The van der Waals surface area contributed by atoms with Gasteiger partial charge in [0.05, 0.1) is 11.5 Å². The second-order valence-corrected chi connectivity index (χ2v) is 7.42. The molecule has 0 radical (unpaired) electrons. The number of nitrogens with one attached hydrogen (secondary N) is 2. The molecule has 0 bridgehead atoms. The minimum absolute atomic E-state index is 0.114. The first-order valence-corrected chi connectivity index (χ1v) is 8.80. The van der Waals surface area contributed by atoms with Crippen LogP contribution in [0.3, 0.4) is 0 Å². The van der Waals surface area contributed by atoms with E-state index in [1.165, 1.54) is 20.0 Å². The third-order valence-electron chi connectivity index (χ3n) is 4.09. The Bertz CT molecular complexity index is 701. The summed E-state index contributed by atoms with van der Waals surface area (Å²) in [5, 5.41) is 11.5. The molecule has 1 amide bonds. The molecule has 0 saturated heterocycles. The Kier molecular flexibility index (Phi) is 5.10. The number of aryl methyl sites for hydroxylation is 1.